The Bertz CT molecular complexity index is 437. The van der Waals surface area contributed by atoms with E-state index in [9.17, 15) is 13.5 Å². The van der Waals surface area contributed by atoms with E-state index in [0.29, 0.717) is 12.0 Å². The zero-order chi connectivity index (χ0) is 11.5. The Hall–Kier alpha value is -1.07. The lowest BCUT2D eigenvalue weighted by Crippen LogP contribution is -1.99. The van der Waals surface area contributed by atoms with Gasteiger partial charge in [0.1, 0.15) is 5.75 Å². The molecule has 1 rings (SSSR count). The van der Waals surface area contributed by atoms with Crippen molar-refractivity contribution in [2.24, 2.45) is 0 Å². The summed E-state index contributed by atoms with van der Waals surface area (Å²) in [6.45, 7) is 2.00. The fourth-order valence-corrected chi connectivity index (χ4v) is 1.82. The zero-order valence-corrected chi connectivity index (χ0v) is 9.29. The second-order valence-corrected chi connectivity index (χ2v) is 4.79. The van der Waals surface area contributed by atoms with Crippen LogP contribution in [-0.2, 0) is 16.5 Å². The summed E-state index contributed by atoms with van der Waals surface area (Å²) < 4.78 is 30.5. The van der Waals surface area contributed by atoms with Crippen LogP contribution in [0.3, 0.4) is 0 Å². The highest BCUT2D eigenvalue weighted by molar-refractivity contribution is 7.85. The van der Waals surface area contributed by atoms with Crippen LogP contribution in [0, 0.1) is 0 Å². The van der Waals surface area contributed by atoms with Crippen molar-refractivity contribution in [1.29, 1.82) is 0 Å². The summed E-state index contributed by atoms with van der Waals surface area (Å²) in [6.07, 6.45) is 2.42. The number of benzene rings is 1. The average Bonchev–Trinajstić information content (AvgIpc) is 2.15. The molecule has 0 fully saturated rings. The number of rotatable bonds is 4. The summed E-state index contributed by atoms with van der Waals surface area (Å²) in [4.78, 5) is -0.175. The van der Waals surface area contributed by atoms with Gasteiger partial charge < -0.3 is 5.11 Å². The molecule has 2 N–H and O–H groups in total. The molecule has 0 aliphatic heterocycles. The Morgan fingerprint density at radius 3 is 2.53 bits per heavy atom. The highest BCUT2D eigenvalue weighted by Gasteiger charge is 2.11. The number of hydrogen-bond acceptors (Lipinski definition) is 3. The lowest BCUT2D eigenvalue weighted by molar-refractivity contribution is 0.464. The van der Waals surface area contributed by atoms with Gasteiger partial charge in [-0.3, -0.25) is 4.55 Å². The van der Waals surface area contributed by atoms with Gasteiger partial charge in [-0.25, -0.2) is 0 Å². The molecule has 0 atom stereocenters. The van der Waals surface area contributed by atoms with E-state index < -0.39 is 10.1 Å². The van der Waals surface area contributed by atoms with Crippen LogP contribution in [0.5, 0.6) is 5.75 Å². The molecule has 0 heterocycles. The second-order valence-electron chi connectivity index (χ2n) is 3.37. The number of phenolic OH excluding ortho intramolecular Hbond substituents is 1. The number of aryl methyl sites for hydroxylation is 1. The van der Waals surface area contributed by atoms with E-state index >= 15 is 0 Å². The highest BCUT2D eigenvalue weighted by atomic mass is 32.2. The average molecular weight is 230 g/mol. The van der Waals surface area contributed by atoms with Crippen molar-refractivity contribution in [3.8, 4) is 5.75 Å². The molecule has 0 unspecified atom stereocenters. The van der Waals surface area contributed by atoms with Gasteiger partial charge in [0.25, 0.3) is 10.1 Å². The van der Waals surface area contributed by atoms with E-state index in [1.165, 1.54) is 18.2 Å². The van der Waals surface area contributed by atoms with E-state index in [1.54, 1.807) is 0 Å². The standard InChI is InChI=1S/C10H14O4S/c1-2-3-4-8-7-9(15(12,13)14)5-6-10(8)11/h5-7,11H,2-4H2,1H3,(H,12,13,14). The Labute approximate surface area is 89.3 Å². The van der Waals surface area contributed by atoms with Crippen LogP contribution >= 0.6 is 0 Å². The normalized spacial score (nSPS) is 11.6. The summed E-state index contributed by atoms with van der Waals surface area (Å²) in [5.74, 6) is 0.0656. The highest BCUT2D eigenvalue weighted by Crippen LogP contribution is 2.22. The lowest BCUT2D eigenvalue weighted by Gasteiger charge is -2.05. The van der Waals surface area contributed by atoms with Crippen molar-refractivity contribution in [2.75, 3.05) is 0 Å². The van der Waals surface area contributed by atoms with Gasteiger partial charge in [-0.05, 0) is 36.6 Å². The molecule has 15 heavy (non-hydrogen) atoms. The number of aromatic hydroxyl groups is 1. The molecule has 1 aromatic rings. The minimum absolute atomic E-state index is 0.0656. The summed E-state index contributed by atoms with van der Waals surface area (Å²) in [5.41, 5.74) is 0.548. The summed E-state index contributed by atoms with van der Waals surface area (Å²) in [6, 6.07) is 3.77. The monoisotopic (exact) mass is 230 g/mol. The smallest absolute Gasteiger partial charge is 0.294 e. The first-order valence-electron chi connectivity index (χ1n) is 4.74. The molecule has 0 saturated heterocycles. The first-order valence-corrected chi connectivity index (χ1v) is 6.18. The maximum Gasteiger partial charge on any atom is 0.294 e. The third-order valence-corrected chi connectivity index (χ3v) is 3.00. The number of unbranched alkanes of at least 4 members (excludes halogenated alkanes) is 1. The fourth-order valence-electron chi connectivity index (χ4n) is 1.29. The molecule has 0 spiro atoms. The van der Waals surface area contributed by atoms with Crippen LogP contribution in [-0.4, -0.2) is 18.1 Å². The van der Waals surface area contributed by atoms with Gasteiger partial charge in [0.05, 0.1) is 4.90 Å². The maximum absolute atomic E-state index is 10.8. The van der Waals surface area contributed by atoms with Crippen LogP contribution in [0.15, 0.2) is 23.1 Å². The van der Waals surface area contributed by atoms with Crippen molar-refractivity contribution < 1.29 is 18.1 Å². The molecule has 0 radical (unpaired) electrons. The van der Waals surface area contributed by atoms with Gasteiger partial charge in [0.15, 0.2) is 0 Å². The molecule has 0 saturated carbocycles. The molecule has 0 amide bonds. The Balaban J connectivity index is 3.06. The topological polar surface area (TPSA) is 74.6 Å². The van der Waals surface area contributed by atoms with Crippen LogP contribution in [0.2, 0.25) is 0 Å². The van der Waals surface area contributed by atoms with Gasteiger partial charge in [0, 0.05) is 0 Å². The van der Waals surface area contributed by atoms with Gasteiger partial charge in [-0.1, -0.05) is 13.3 Å². The molecule has 0 aliphatic rings. The SMILES string of the molecule is CCCCc1cc(S(=O)(=O)O)ccc1O. The van der Waals surface area contributed by atoms with E-state index in [4.69, 9.17) is 4.55 Å². The number of hydrogen-bond donors (Lipinski definition) is 2. The van der Waals surface area contributed by atoms with Crippen molar-refractivity contribution in [2.45, 2.75) is 31.1 Å². The van der Waals surface area contributed by atoms with Gasteiger partial charge in [-0.15, -0.1) is 0 Å². The molecule has 1 aromatic carbocycles. The quantitative estimate of drug-likeness (QED) is 0.775. The molecule has 4 nitrogen and oxygen atoms in total. The molecular formula is C10H14O4S. The summed E-state index contributed by atoms with van der Waals surface area (Å²) >= 11 is 0. The minimum Gasteiger partial charge on any atom is -0.508 e. The van der Waals surface area contributed by atoms with Crippen LogP contribution in [0.25, 0.3) is 0 Å². The molecule has 0 aliphatic carbocycles. The fraction of sp³-hybridized carbons (Fsp3) is 0.400. The lowest BCUT2D eigenvalue weighted by atomic mass is 10.1. The van der Waals surface area contributed by atoms with E-state index in [1.807, 2.05) is 6.92 Å². The molecule has 5 heteroatoms. The Morgan fingerprint density at radius 1 is 1.33 bits per heavy atom. The minimum atomic E-state index is -4.18. The van der Waals surface area contributed by atoms with E-state index in [2.05, 4.69) is 0 Å². The van der Waals surface area contributed by atoms with Gasteiger partial charge in [0.2, 0.25) is 0 Å². The van der Waals surface area contributed by atoms with Gasteiger partial charge >= 0.3 is 0 Å². The predicted octanol–water partition coefficient (Wildman–Crippen LogP) is 1.98. The first-order chi connectivity index (χ1) is 6.95. The van der Waals surface area contributed by atoms with E-state index in [-0.39, 0.29) is 10.6 Å². The second kappa shape index (κ2) is 4.63. The maximum atomic E-state index is 10.8. The summed E-state index contributed by atoms with van der Waals surface area (Å²) in [7, 11) is -4.18. The first kappa shape index (κ1) is 12.0. The van der Waals surface area contributed by atoms with Crippen molar-refractivity contribution in [3.05, 3.63) is 23.8 Å². The molecule has 84 valence electrons. The van der Waals surface area contributed by atoms with Gasteiger partial charge in [-0.2, -0.15) is 8.42 Å². The van der Waals surface area contributed by atoms with Crippen LogP contribution in [0.1, 0.15) is 25.3 Å². The van der Waals surface area contributed by atoms with Crippen molar-refractivity contribution in [3.63, 3.8) is 0 Å². The van der Waals surface area contributed by atoms with Crippen LogP contribution < -0.4 is 0 Å². The molecular weight excluding hydrogens is 216 g/mol. The van der Waals surface area contributed by atoms with E-state index in [0.717, 1.165) is 12.8 Å². The zero-order valence-electron chi connectivity index (χ0n) is 8.47. The van der Waals surface area contributed by atoms with Crippen LogP contribution in [0.4, 0.5) is 0 Å². The van der Waals surface area contributed by atoms with Crippen molar-refractivity contribution in [1.82, 2.24) is 0 Å². The largest absolute Gasteiger partial charge is 0.508 e. The van der Waals surface area contributed by atoms with Crippen molar-refractivity contribution >= 4 is 10.1 Å². The number of phenols is 1. The summed E-state index contributed by atoms with van der Waals surface area (Å²) in [5, 5.41) is 9.45. The predicted molar refractivity (Wildman–Crippen MR) is 56.5 cm³/mol. The Morgan fingerprint density at radius 2 is 2.00 bits per heavy atom. The Kier molecular flexibility index (Phi) is 3.71. The molecule has 0 bridgehead atoms. The third-order valence-electron chi connectivity index (χ3n) is 2.15. The third kappa shape index (κ3) is 3.21. The molecule has 0 aromatic heterocycles.